The number of benzene rings is 1. The molecule has 18 heavy (non-hydrogen) atoms. The van der Waals surface area contributed by atoms with Gasteiger partial charge >= 0.3 is 0 Å². The maximum absolute atomic E-state index is 6.08. The number of rotatable bonds is 4. The van der Waals surface area contributed by atoms with Crippen molar-refractivity contribution in [3.05, 3.63) is 44.9 Å². The van der Waals surface area contributed by atoms with Crippen molar-refractivity contribution in [2.24, 2.45) is 0 Å². The lowest BCUT2D eigenvalue weighted by molar-refractivity contribution is 0.451. The molecule has 2 rings (SSSR count). The minimum atomic E-state index is 0.466. The minimum Gasteiger partial charge on any atom is -0.437 e. The molecule has 0 aliphatic carbocycles. The molecular weight excluding hydrogens is 363 g/mol. The molecule has 0 radical (unpaired) electrons. The average molecular weight is 375 g/mol. The van der Waals surface area contributed by atoms with Crippen LogP contribution in [0.2, 0.25) is 5.15 Å². The summed E-state index contributed by atoms with van der Waals surface area (Å²) in [6, 6.07) is 7.79. The molecule has 0 atom stereocenters. The van der Waals surface area contributed by atoms with Crippen molar-refractivity contribution in [1.82, 2.24) is 9.97 Å². The van der Waals surface area contributed by atoms with E-state index in [-0.39, 0.29) is 0 Å². The van der Waals surface area contributed by atoms with Gasteiger partial charge in [-0.15, -0.1) is 0 Å². The van der Waals surface area contributed by atoms with Crippen molar-refractivity contribution in [2.75, 3.05) is 0 Å². The van der Waals surface area contributed by atoms with E-state index < -0.39 is 0 Å². The molecule has 94 valence electrons. The maximum Gasteiger partial charge on any atom is 0.227 e. The van der Waals surface area contributed by atoms with Crippen LogP contribution < -0.4 is 4.74 Å². The Labute approximate surface area is 125 Å². The van der Waals surface area contributed by atoms with Crippen LogP contribution in [0, 0.1) is 3.57 Å². The molecule has 0 spiro atoms. The van der Waals surface area contributed by atoms with Crippen molar-refractivity contribution >= 4 is 34.2 Å². The fraction of sp³-hybridized carbons (Fsp3) is 0.231. The second-order valence-electron chi connectivity index (χ2n) is 3.73. The lowest BCUT2D eigenvalue weighted by atomic mass is 10.2. The van der Waals surface area contributed by atoms with Crippen LogP contribution in [0.5, 0.6) is 11.6 Å². The number of para-hydroxylation sites is 1. The molecule has 3 nitrogen and oxygen atoms in total. The maximum atomic E-state index is 6.08. The highest BCUT2D eigenvalue weighted by molar-refractivity contribution is 14.1. The third kappa shape index (κ3) is 3.11. The summed E-state index contributed by atoms with van der Waals surface area (Å²) in [4.78, 5) is 8.17. The molecular formula is C13H12ClIN2O. The largest absolute Gasteiger partial charge is 0.437 e. The summed E-state index contributed by atoms with van der Waals surface area (Å²) >= 11 is 8.31. The zero-order chi connectivity index (χ0) is 13.0. The van der Waals surface area contributed by atoms with Gasteiger partial charge in [-0.25, -0.2) is 9.97 Å². The van der Waals surface area contributed by atoms with Gasteiger partial charge in [-0.05, 0) is 41.1 Å². The van der Waals surface area contributed by atoms with E-state index in [2.05, 4.69) is 39.5 Å². The van der Waals surface area contributed by atoms with Gasteiger partial charge in [0.15, 0.2) is 0 Å². The van der Waals surface area contributed by atoms with Crippen molar-refractivity contribution in [3.8, 4) is 11.6 Å². The van der Waals surface area contributed by atoms with Gasteiger partial charge in [0.25, 0.3) is 0 Å². The van der Waals surface area contributed by atoms with Crippen molar-refractivity contribution in [1.29, 1.82) is 0 Å². The van der Waals surface area contributed by atoms with Crippen molar-refractivity contribution in [3.63, 3.8) is 0 Å². The van der Waals surface area contributed by atoms with E-state index in [0.29, 0.717) is 11.0 Å². The molecule has 2 aromatic rings. The van der Waals surface area contributed by atoms with Gasteiger partial charge in [0, 0.05) is 0 Å². The van der Waals surface area contributed by atoms with E-state index in [9.17, 15) is 0 Å². The van der Waals surface area contributed by atoms with Crippen molar-refractivity contribution < 1.29 is 4.74 Å². The Morgan fingerprint density at radius 2 is 2.06 bits per heavy atom. The first-order valence-electron chi connectivity index (χ1n) is 5.64. The normalized spacial score (nSPS) is 10.4. The molecule has 0 amide bonds. The lowest BCUT2D eigenvalue weighted by Gasteiger charge is -2.11. The summed E-state index contributed by atoms with van der Waals surface area (Å²) in [5.74, 6) is 1.33. The Balaban J connectivity index is 2.34. The predicted octanol–water partition coefficient (Wildman–Crippen LogP) is 4.48. The molecule has 0 fully saturated rings. The van der Waals surface area contributed by atoms with E-state index in [1.165, 1.54) is 6.33 Å². The third-order valence-electron chi connectivity index (χ3n) is 2.40. The van der Waals surface area contributed by atoms with Gasteiger partial charge < -0.3 is 4.74 Å². The second-order valence-corrected chi connectivity index (χ2v) is 5.25. The molecule has 0 N–H and O–H groups in total. The van der Waals surface area contributed by atoms with Crippen LogP contribution in [-0.2, 0) is 6.42 Å². The van der Waals surface area contributed by atoms with Crippen LogP contribution in [0.1, 0.15) is 18.9 Å². The van der Waals surface area contributed by atoms with Gasteiger partial charge in [-0.2, -0.15) is 0 Å². The van der Waals surface area contributed by atoms with E-state index >= 15 is 0 Å². The summed E-state index contributed by atoms with van der Waals surface area (Å²) in [5.41, 5.74) is 0.862. The fourth-order valence-electron chi connectivity index (χ4n) is 1.56. The third-order valence-corrected chi connectivity index (χ3v) is 3.61. The molecule has 1 aromatic carbocycles. The Kier molecular flexibility index (Phi) is 4.77. The number of aromatic nitrogens is 2. The number of hydrogen-bond donors (Lipinski definition) is 0. The highest BCUT2D eigenvalue weighted by Crippen LogP contribution is 2.30. The number of ether oxygens (including phenoxy) is 1. The molecule has 1 heterocycles. The second kappa shape index (κ2) is 6.33. The molecule has 0 aliphatic rings. The Bertz CT molecular complexity index is 548. The van der Waals surface area contributed by atoms with Gasteiger partial charge in [0.2, 0.25) is 5.88 Å². The Morgan fingerprint density at radius 3 is 2.78 bits per heavy atom. The van der Waals surface area contributed by atoms with E-state index in [1.54, 1.807) is 0 Å². The Hall–Kier alpha value is -0.880. The fourth-order valence-corrected chi connectivity index (χ4v) is 2.27. The quantitative estimate of drug-likeness (QED) is 0.585. The number of nitrogens with zero attached hydrogens (tertiary/aromatic N) is 2. The first kappa shape index (κ1) is 13.5. The first-order valence-corrected chi connectivity index (χ1v) is 7.09. The molecule has 0 bridgehead atoms. The van der Waals surface area contributed by atoms with Crippen LogP contribution in [0.15, 0.2) is 30.6 Å². The number of hydrogen-bond acceptors (Lipinski definition) is 3. The van der Waals surface area contributed by atoms with E-state index in [4.69, 9.17) is 16.3 Å². The standard InChI is InChI=1S/C13H12ClIN2O/c1-2-5-9-12(14)16-8-17-13(9)18-11-7-4-3-6-10(11)15/h3-4,6-8H,2,5H2,1H3. The molecule has 5 heteroatoms. The monoisotopic (exact) mass is 374 g/mol. The van der Waals surface area contributed by atoms with Crippen LogP contribution in [0.25, 0.3) is 0 Å². The van der Waals surface area contributed by atoms with Crippen LogP contribution >= 0.6 is 34.2 Å². The molecule has 0 saturated carbocycles. The SMILES string of the molecule is CCCc1c(Cl)ncnc1Oc1ccccc1I. The molecule has 1 aromatic heterocycles. The zero-order valence-corrected chi connectivity index (χ0v) is 12.8. The van der Waals surface area contributed by atoms with Crippen molar-refractivity contribution in [2.45, 2.75) is 19.8 Å². The average Bonchev–Trinajstić information content (AvgIpc) is 2.36. The summed E-state index contributed by atoms with van der Waals surface area (Å²) in [5, 5.41) is 0.466. The highest BCUT2D eigenvalue weighted by Gasteiger charge is 2.12. The number of halogens is 2. The van der Waals surface area contributed by atoms with Crippen LogP contribution in [0.4, 0.5) is 0 Å². The van der Waals surface area contributed by atoms with Crippen LogP contribution in [-0.4, -0.2) is 9.97 Å². The highest BCUT2D eigenvalue weighted by atomic mass is 127. The Morgan fingerprint density at radius 1 is 1.28 bits per heavy atom. The van der Waals surface area contributed by atoms with E-state index in [1.807, 2.05) is 24.3 Å². The summed E-state index contributed by atoms with van der Waals surface area (Å²) in [6.45, 7) is 2.08. The van der Waals surface area contributed by atoms with E-state index in [0.717, 1.165) is 27.7 Å². The van der Waals surface area contributed by atoms with Gasteiger partial charge in [0.1, 0.15) is 17.2 Å². The molecule has 0 aliphatic heterocycles. The molecule has 0 saturated heterocycles. The summed E-state index contributed by atoms with van der Waals surface area (Å²) < 4.78 is 6.87. The lowest BCUT2D eigenvalue weighted by Crippen LogP contribution is -1.98. The van der Waals surface area contributed by atoms with Gasteiger partial charge in [0.05, 0.1) is 9.13 Å². The minimum absolute atomic E-state index is 0.466. The smallest absolute Gasteiger partial charge is 0.227 e. The van der Waals surface area contributed by atoms with Gasteiger partial charge in [-0.1, -0.05) is 37.1 Å². The molecule has 0 unspecified atom stereocenters. The summed E-state index contributed by atoms with van der Waals surface area (Å²) in [7, 11) is 0. The first-order chi connectivity index (χ1) is 8.72. The van der Waals surface area contributed by atoms with Crippen LogP contribution in [0.3, 0.4) is 0 Å². The zero-order valence-electron chi connectivity index (χ0n) is 9.86. The summed E-state index contributed by atoms with van der Waals surface area (Å²) in [6.07, 6.45) is 3.19. The predicted molar refractivity (Wildman–Crippen MR) is 80.3 cm³/mol. The van der Waals surface area contributed by atoms with Gasteiger partial charge in [-0.3, -0.25) is 0 Å². The topological polar surface area (TPSA) is 35.0 Å².